The fourth-order valence-corrected chi connectivity index (χ4v) is 2.79. The number of fused-ring (bicyclic) bond motifs is 1. The van der Waals surface area contributed by atoms with Gasteiger partial charge in [-0.15, -0.1) is 15.3 Å². The van der Waals surface area contributed by atoms with Gasteiger partial charge in [0, 0.05) is 18.6 Å². The summed E-state index contributed by atoms with van der Waals surface area (Å²) < 4.78 is 18.0. The van der Waals surface area contributed by atoms with Gasteiger partial charge in [-0.2, -0.15) is 4.52 Å². The molecule has 0 bridgehead atoms. The molecule has 1 aromatic carbocycles. The van der Waals surface area contributed by atoms with E-state index in [1.807, 2.05) is 26.0 Å². The highest BCUT2D eigenvalue weighted by Gasteiger charge is 2.16. The fraction of sp³-hybridized carbons (Fsp3) is 0.400. The molecule has 3 aromatic rings. The van der Waals surface area contributed by atoms with Crippen molar-refractivity contribution in [2.45, 2.75) is 20.3 Å². The SMILES string of the molecule is COc1ccc(-c2nnc3ccc(OCCNC(=O)CC(C)C)nn23)c(OC)c1. The third-order valence-corrected chi connectivity index (χ3v) is 4.16. The third kappa shape index (κ3) is 4.92. The van der Waals surface area contributed by atoms with E-state index in [-0.39, 0.29) is 5.91 Å². The Hall–Kier alpha value is -3.36. The quantitative estimate of drug-likeness (QED) is 0.551. The van der Waals surface area contributed by atoms with Crippen molar-refractivity contribution >= 4 is 11.6 Å². The van der Waals surface area contributed by atoms with Crippen molar-refractivity contribution < 1.29 is 19.0 Å². The molecule has 0 aliphatic rings. The highest BCUT2D eigenvalue weighted by atomic mass is 16.5. The summed E-state index contributed by atoms with van der Waals surface area (Å²) in [4.78, 5) is 11.7. The average molecular weight is 399 g/mol. The van der Waals surface area contributed by atoms with Gasteiger partial charge < -0.3 is 19.5 Å². The number of carbonyl (C=O) groups is 1. The first-order chi connectivity index (χ1) is 14.0. The summed E-state index contributed by atoms with van der Waals surface area (Å²) in [6.45, 7) is 4.73. The zero-order valence-corrected chi connectivity index (χ0v) is 17.0. The van der Waals surface area contributed by atoms with E-state index in [0.717, 1.165) is 5.56 Å². The number of rotatable bonds is 9. The van der Waals surface area contributed by atoms with Crippen LogP contribution in [0, 0.1) is 5.92 Å². The Morgan fingerprint density at radius 3 is 2.69 bits per heavy atom. The van der Waals surface area contributed by atoms with Gasteiger partial charge >= 0.3 is 0 Å². The molecule has 29 heavy (non-hydrogen) atoms. The van der Waals surface area contributed by atoms with Gasteiger partial charge in [0.2, 0.25) is 11.8 Å². The molecule has 0 radical (unpaired) electrons. The van der Waals surface area contributed by atoms with Crippen molar-refractivity contribution in [3.63, 3.8) is 0 Å². The van der Waals surface area contributed by atoms with Crippen LogP contribution in [0.2, 0.25) is 0 Å². The molecule has 2 heterocycles. The number of benzene rings is 1. The Morgan fingerprint density at radius 1 is 1.14 bits per heavy atom. The second-order valence-electron chi connectivity index (χ2n) is 6.83. The van der Waals surface area contributed by atoms with E-state index in [2.05, 4.69) is 20.6 Å². The van der Waals surface area contributed by atoms with Gasteiger partial charge in [-0.3, -0.25) is 4.79 Å². The molecule has 3 rings (SSSR count). The van der Waals surface area contributed by atoms with E-state index >= 15 is 0 Å². The third-order valence-electron chi connectivity index (χ3n) is 4.16. The molecule has 0 aliphatic heterocycles. The highest BCUT2D eigenvalue weighted by Crippen LogP contribution is 2.32. The molecule has 0 fully saturated rings. The van der Waals surface area contributed by atoms with Crippen LogP contribution in [0.3, 0.4) is 0 Å². The van der Waals surface area contributed by atoms with E-state index in [0.29, 0.717) is 54.3 Å². The summed E-state index contributed by atoms with van der Waals surface area (Å²) in [5.41, 5.74) is 1.31. The van der Waals surface area contributed by atoms with Gasteiger partial charge in [-0.05, 0) is 24.1 Å². The molecule has 154 valence electrons. The van der Waals surface area contributed by atoms with E-state index in [1.54, 1.807) is 36.9 Å². The van der Waals surface area contributed by atoms with Crippen molar-refractivity contribution in [1.29, 1.82) is 0 Å². The standard InChI is InChI=1S/C20H25N5O4/c1-13(2)11-18(26)21-9-10-29-19-8-7-17-22-23-20(25(17)24-19)15-6-5-14(27-3)12-16(15)28-4/h5-8,12-13H,9-11H2,1-4H3,(H,21,26). The zero-order valence-electron chi connectivity index (χ0n) is 17.0. The van der Waals surface area contributed by atoms with Crippen LogP contribution in [0.15, 0.2) is 30.3 Å². The van der Waals surface area contributed by atoms with Crippen LogP contribution in [0.4, 0.5) is 0 Å². The van der Waals surface area contributed by atoms with Crippen LogP contribution in [0.25, 0.3) is 17.0 Å². The molecule has 0 saturated carbocycles. The van der Waals surface area contributed by atoms with E-state index in [9.17, 15) is 4.79 Å². The first kappa shape index (κ1) is 20.4. The molecule has 9 heteroatoms. The predicted octanol–water partition coefficient (Wildman–Crippen LogP) is 2.35. The lowest BCUT2D eigenvalue weighted by atomic mass is 10.1. The average Bonchev–Trinajstić information content (AvgIpc) is 3.13. The second-order valence-corrected chi connectivity index (χ2v) is 6.83. The molecular weight excluding hydrogens is 374 g/mol. The molecule has 2 aromatic heterocycles. The number of nitrogens with zero attached hydrogens (tertiary/aromatic N) is 4. The maximum atomic E-state index is 11.7. The fourth-order valence-electron chi connectivity index (χ4n) is 2.79. The largest absolute Gasteiger partial charge is 0.497 e. The first-order valence-corrected chi connectivity index (χ1v) is 9.36. The maximum absolute atomic E-state index is 11.7. The summed E-state index contributed by atoms with van der Waals surface area (Å²) in [5.74, 6) is 2.54. The van der Waals surface area contributed by atoms with Crippen LogP contribution >= 0.6 is 0 Å². The van der Waals surface area contributed by atoms with Crippen molar-refractivity contribution in [1.82, 2.24) is 25.1 Å². The highest BCUT2D eigenvalue weighted by molar-refractivity contribution is 5.76. The van der Waals surface area contributed by atoms with Crippen molar-refractivity contribution in [3.05, 3.63) is 30.3 Å². The number of hydrogen-bond donors (Lipinski definition) is 1. The first-order valence-electron chi connectivity index (χ1n) is 9.36. The number of carbonyl (C=O) groups excluding carboxylic acids is 1. The number of amides is 1. The lowest BCUT2D eigenvalue weighted by Crippen LogP contribution is -2.29. The van der Waals surface area contributed by atoms with Gasteiger partial charge in [-0.1, -0.05) is 13.8 Å². The van der Waals surface area contributed by atoms with Crippen LogP contribution in [0.5, 0.6) is 17.4 Å². The van der Waals surface area contributed by atoms with E-state index in [1.165, 1.54) is 0 Å². The minimum Gasteiger partial charge on any atom is -0.497 e. The van der Waals surface area contributed by atoms with Gasteiger partial charge in [0.25, 0.3) is 0 Å². The van der Waals surface area contributed by atoms with E-state index < -0.39 is 0 Å². The molecular formula is C20H25N5O4. The minimum atomic E-state index is 0.0136. The summed E-state index contributed by atoms with van der Waals surface area (Å²) in [5, 5.41) is 15.7. The molecule has 0 unspecified atom stereocenters. The second kappa shape index (κ2) is 9.22. The number of hydrogen-bond acceptors (Lipinski definition) is 7. The summed E-state index contributed by atoms with van der Waals surface area (Å²) in [6, 6.07) is 8.92. The predicted molar refractivity (Wildman–Crippen MR) is 107 cm³/mol. The lowest BCUT2D eigenvalue weighted by Gasteiger charge is -2.10. The monoisotopic (exact) mass is 399 g/mol. The number of aromatic nitrogens is 4. The van der Waals surface area contributed by atoms with Gasteiger partial charge in [0.15, 0.2) is 11.5 Å². The Morgan fingerprint density at radius 2 is 1.97 bits per heavy atom. The molecule has 1 amide bonds. The number of methoxy groups -OCH3 is 2. The molecule has 0 saturated heterocycles. The summed E-state index contributed by atoms with van der Waals surface area (Å²) in [6.07, 6.45) is 0.498. The van der Waals surface area contributed by atoms with Crippen LogP contribution in [-0.4, -0.2) is 53.1 Å². The van der Waals surface area contributed by atoms with Crippen molar-refractivity contribution in [2.75, 3.05) is 27.4 Å². The Bertz CT molecular complexity index is 986. The Labute approximate surface area is 169 Å². The van der Waals surface area contributed by atoms with Gasteiger partial charge in [0.05, 0.1) is 26.3 Å². The van der Waals surface area contributed by atoms with Crippen molar-refractivity contribution in [2.24, 2.45) is 5.92 Å². The smallest absolute Gasteiger partial charge is 0.231 e. The van der Waals surface area contributed by atoms with Crippen LogP contribution in [0.1, 0.15) is 20.3 Å². The molecule has 0 atom stereocenters. The number of nitrogens with one attached hydrogen (secondary N) is 1. The molecule has 0 aliphatic carbocycles. The maximum Gasteiger partial charge on any atom is 0.231 e. The van der Waals surface area contributed by atoms with Crippen molar-refractivity contribution in [3.8, 4) is 28.8 Å². The molecule has 0 spiro atoms. The van der Waals surface area contributed by atoms with Crippen LogP contribution < -0.4 is 19.5 Å². The van der Waals surface area contributed by atoms with E-state index in [4.69, 9.17) is 14.2 Å². The van der Waals surface area contributed by atoms with Gasteiger partial charge in [0.1, 0.15) is 18.1 Å². The topological polar surface area (TPSA) is 99.9 Å². The Balaban J connectivity index is 1.75. The minimum absolute atomic E-state index is 0.0136. The van der Waals surface area contributed by atoms with Gasteiger partial charge in [-0.25, -0.2) is 0 Å². The molecule has 9 nitrogen and oxygen atoms in total. The van der Waals surface area contributed by atoms with Crippen LogP contribution in [-0.2, 0) is 4.79 Å². The molecule has 1 N–H and O–H groups in total. The number of ether oxygens (including phenoxy) is 3. The normalized spacial score (nSPS) is 10.9. The zero-order chi connectivity index (χ0) is 20.8. The summed E-state index contributed by atoms with van der Waals surface area (Å²) >= 11 is 0. The lowest BCUT2D eigenvalue weighted by molar-refractivity contribution is -0.121. The Kier molecular flexibility index (Phi) is 6.48. The summed E-state index contributed by atoms with van der Waals surface area (Å²) in [7, 11) is 3.17.